The Bertz CT molecular complexity index is 729. The largest absolute Gasteiger partial charge is 0.398 e. The summed E-state index contributed by atoms with van der Waals surface area (Å²) in [4.78, 5) is 4.09. The van der Waals surface area contributed by atoms with Gasteiger partial charge in [0.1, 0.15) is 6.33 Å². The smallest absolute Gasteiger partial charge is 0.171 e. The van der Waals surface area contributed by atoms with Crippen molar-refractivity contribution in [3.63, 3.8) is 0 Å². The zero-order chi connectivity index (χ0) is 12.7. The summed E-state index contributed by atoms with van der Waals surface area (Å²) in [5.74, 6) is 0.724. The van der Waals surface area contributed by atoms with E-state index in [2.05, 4.69) is 21.2 Å². The lowest BCUT2D eigenvalue weighted by molar-refractivity contribution is 1.08. The average Bonchev–Trinajstić information content (AvgIpc) is 2.77. The number of fused-ring (bicyclic) bond motifs is 1. The molecule has 0 bridgehead atoms. The molecule has 2 heterocycles. The van der Waals surface area contributed by atoms with E-state index in [4.69, 9.17) is 5.73 Å². The van der Waals surface area contributed by atoms with Gasteiger partial charge in [-0.05, 0) is 31.0 Å². The zero-order valence-corrected chi connectivity index (χ0v) is 10.3. The number of nitrogen functional groups attached to an aromatic ring is 1. The molecule has 0 aliphatic rings. The highest BCUT2D eigenvalue weighted by atomic mass is 15.3. The van der Waals surface area contributed by atoms with E-state index in [0.717, 1.165) is 33.8 Å². The Hall–Kier alpha value is -2.43. The van der Waals surface area contributed by atoms with Crippen LogP contribution in [0.1, 0.15) is 11.1 Å². The fraction of sp³-hybridized carbons (Fsp3) is 0.154. The van der Waals surface area contributed by atoms with Gasteiger partial charge in [-0.1, -0.05) is 6.07 Å². The van der Waals surface area contributed by atoms with Crippen LogP contribution in [0.15, 0.2) is 30.7 Å². The van der Waals surface area contributed by atoms with Gasteiger partial charge in [0.2, 0.25) is 0 Å². The fourth-order valence-corrected chi connectivity index (χ4v) is 2.09. The number of anilines is 1. The first-order valence-corrected chi connectivity index (χ1v) is 5.68. The summed E-state index contributed by atoms with van der Waals surface area (Å²) >= 11 is 0. The lowest BCUT2D eigenvalue weighted by atomic mass is 10.0. The standard InChI is InChI=1S/C13H13N5/c1-8-5-9(2)12(14)10(6-8)13-17-16-11-3-4-15-7-18(11)13/h3-7H,14H2,1-2H3. The van der Waals surface area contributed by atoms with Crippen molar-refractivity contribution in [1.29, 1.82) is 0 Å². The maximum absolute atomic E-state index is 6.13. The Morgan fingerprint density at radius 3 is 2.83 bits per heavy atom. The van der Waals surface area contributed by atoms with E-state index < -0.39 is 0 Å². The van der Waals surface area contributed by atoms with Crippen molar-refractivity contribution in [3.8, 4) is 11.4 Å². The molecular weight excluding hydrogens is 226 g/mol. The first kappa shape index (κ1) is 10.7. The number of benzene rings is 1. The predicted molar refractivity (Wildman–Crippen MR) is 70.1 cm³/mol. The zero-order valence-electron chi connectivity index (χ0n) is 10.3. The lowest BCUT2D eigenvalue weighted by Crippen LogP contribution is -1.98. The molecule has 3 aromatic rings. The number of nitrogens with two attached hydrogens (primary N) is 1. The number of rotatable bonds is 1. The van der Waals surface area contributed by atoms with Crippen LogP contribution < -0.4 is 5.73 Å². The third kappa shape index (κ3) is 1.52. The first-order chi connectivity index (χ1) is 8.66. The minimum Gasteiger partial charge on any atom is -0.398 e. The van der Waals surface area contributed by atoms with E-state index >= 15 is 0 Å². The highest BCUT2D eigenvalue weighted by molar-refractivity contribution is 5.76. The van der Waals surface area contributed by atoms with Gasteiger partial charge in [0.05, 0.1) is 0 Å². The monoisotopic (exact) mass is 239 g/mol. The minimum atomic E-state index is 0.724. The van der Waals surface area contributed by atoms with Crippen LogP contribution in [-0.2, 0) is 0 Å². The average molecular weight is 239 g/mol. The molecule has 2 N–H and O–H groups in total. The molecule has 0 amide bonds. The summed E-state index contributed by atoms with van der Waals surface area (Å²) in [7, 11) is 0. The summed E-state index contributed by atoms with van der Waals surface area (Å²) < 4.78 is 1.84. The summed E-state index contributed by atoms with van der Waals surface area (Å²) in [6.45, 7) is 4.03. The van der Waals surface area contributed by atoms with Gasteiger partial charge >= 0.3 is 0 Å². The van der Waals surface area contributed by atoms with Crippen molar-refractivity contribution in [2.75, 3.05) is 5.73 Å². The third-order valence-corrected chi connectivity index (χ3v) is 2.99. The van der Waals surface area contributed by atoms with E-state index in [9.17, 15) is 0 Å². The molecule has 0 aliphatic heterocycles. The van der Waals surface area contributed by atoms with Crippen LogP contribution >= 0.6 is 0 Å². The molecule has 18 heavy (non-hydrogen) atoms. The van der Waals surface area contributed by atoms with Gasteiger partial charge in [-0.2, -0.15) is 0 Å². The van der Waals surface area contributed by atoms with E-state index in [1.54, 1.807) is 12.5 Å². The van der Waals surface area contributed by atoms with Crippen molar-refractivity contribution in [3.05, 3.63) is 41.9 Å². The summed E-state index contributed by atoms with van der Waals surface area (Å²) in [5, 5.41) is 8.31. The normalized spacial score (nSPS) is 11.0. The van der Waals surface area contributed by atoms with Crippen molar-refractivity contribution < 1.29 is 0 Å². The number of nitrogens with zero attached hydrogens (tertiary/aromatic N) is 4. The summed E-state index contributed by atoms with van der Waals surface area (Å²) in [6, 6.07) is 5.89. The molecule has 0 radical (unpaired) electrons. The van der Waals surface area contributed by atoms with Gasteiger partial charge in [-0.25, -0.2) is 4.98 Å². The molecular formula is C13H13N5. The van der Waals surface area contributed by atoms with Crippen molar-refractivity contribution >= 4 is 11.3 Å². The van der Waals surface area contributed by atoms with Crippen molar-refractivity contribution in [2.24, 2.45) is 0 Å². The molecule has 0 atom stereocenters. The highest BCUT2D eigenvalue weighted by Crippen LogP contribution is 2.28. The molecule has 5 nitrogen and oxygen atoms in total. The fourth-order valence-electron chi connectivity index (χ4n) is 2.09. The molecule has 0 unspecified atom stereocenters. The van der Waals surface area contributed by atoms with Crippen LogP contribution in [-0.4, -0.2) is 19.6 Å². The van der Waals surface area contributed by atoms with E-state index in [0.29, 0.717) is 0 Å². The van der Waals surface area contributed by atoms with Gasteiger partial charge in [-0.15, -0.1) is 10.2 Å². The van der Waals surface area contributed by atoms with Gasteiger partial charge < -0.3 is 5.73 Å². The predicted octanol–water partition coefficient (Wildman–Crippen LogP) is 1.99. The topological polar surface area (TPSA) is 69.1 Å². The third-order valence-electron chi connectivity index (χ3n) is 2.99. The molecule has 1 aromatic carbocycles. The summed E-state index contributed by atoms with van der Waals surface area (Å²) in [6.07, 6.45) is 3.39. The molecule has 0 spiro atoms. The Morgan fingerprint density at radius 2 is 2.00 bits per heavy atom. The van der Waals surface area contributed by atoms with E-state index in [-0.39, 0.29) is 0 Å². The van der Waals surface area contributed by atoms with Crippen LogP contribution in [0.3, 0.4) is 0 Å². The van der Waals surface area contributed by atoms with Gasteiger partial charge in [0, 0.05) is 23.5 Å². The molecule has 0 aliphatic carbocycles. The summed E-state index contributed by atoms with van der Waals surface area (Å²) in [5.41, 5.74) is 10.7. The molecule has 5 heteroatoms. The highest BCUT2D eigenvalue weighted by Gasteiger charge is 2.12. The van der Waals surface area contributed by atoms with Crippen LogP contribution in [0.2, 0.25) is 0 Å². The first-order valence-electron chi connectivity index (χ1n) is 5.68. The number of aromatic nitrogens is 4. The van der Waals surface area contributed by atoms with Crippen LogP contribution in [0.5, 0.6) is 0 Å². The number of hydrogen-bond donors (Lipinski definition) is 1. The van der Waals surface area contributed by atoms with Crippen molar-refractivity contribution in [2.45, 2.75) is 13.8 Å². The van der Waals surface area contributed by atoms with Gasteiger partial charge in [0.15, 0.2) is 11.5 Å². The second kappa shape index (κ2) is 3.80. The minimum absolute atomic E-state index is 0.724. The number of hydrogen-bond acceptors (Lipinski definition) is 4. The Labute approximate surface area is 104 Å². The molecule has 90 valence electrons. The van der Waals surface area contributed by atoms with Gasteiger partial charge in [-0.3, -0.25) is 4.40 Å². The van der Waals surface area contributed by atoms with Crippen molar-refractivity contribution in [1.82, 2.24) is 19.6 Å². The second-order valence-electron chi connectivity index (χ2n) is 4.38. The SMILES string of the molecule is Cc1cc(C)c(N)c(-c2nnc3ccncn23)c1. The molecule has 3 rings (SSSR count). The Kier molecular flexibility index (Phi) is 2.26. The molecule has 0 saturated carbocycles. The maximum atomic E-state index is 6.13. The van der Waals surface area contributed by atoms with E-state index in [1.165, 1.54) is 0 Å². The number of aryl methyl sites for hydroxylation is 2. The second-order valence-corrected chi connectivity index (χ2v) is 4.38. The van der Waals surface area contributed by atoms with Crippen LogP contribution in [0.25, 0.3) is 17.0 Å². The van der Waals surface area contributed by atoms with E-state index in [1.807, 2.05) is 30.4 Å². The lowest BCUT2D eigenvalue weighted by Gasteiger charge is -2.08. The quantitative estimate of drug-likeness (QED) is 0.659. The maximum Gasteiger partial charge on any atom is 0.171 e. The van der Waals surface area contributed by atoms with Crippen LogP contribution in [0.4, 0.5) is 5.69 Å². The van der Waals surface area contributed by atoms with Gasteiger partial charge in [0.25, 0.3) is 0 Å². The Balaban J connectivity index is 2.33. The van der Waals surface area contributed by atoms with Crippen LogP contribution in [0, 0.1) is 13.8 Å². The Morgan fingerprint density at radius 1 is 1.17 bits per heavy atom. The molecule has 0 fully saturated rings. The molecule has 2 aromatic heterocycles. The molecule has 0 saturated heterocycles.